The fourth-order valence-corrected chi connectivity index (χ4v) is 4.69. The zero-order chi connectivity index (χ0) is 10.2. The molecule has 4 bridgehead atoms. The van der Waals surface area contributed by atoms with Gasteiger partial charge in [-0.2, -0.15) is 0 Å². The molecule has 4 aliphatic carbocycles. The molecule has 0 saturated heterocycles. The van der Waals surface area contributed by atoms with Crippen molar-refractivity contribution >= 4 is 0 Å². The van der Waals surface area contributed by atoms with Crippen LogP contribution in [-0.2, 0) is 0 Å². The van der Waals surface area contributed by atoms with Gasteiger partial charge in [0.25, 0.3) is 0 Å². The Morgan fingerprint density at radius 3 is 1.29 bits per heavy atom. The molecule has 0 atom stereocenters. The Balaban J connectivity index is 2.08. The summed E-state index contributed by atoms with van der Waals surface area (Å²) in [6, 6.07) is 0. The lowest BCUT2D eigenvalue weighted by Gasteiger charge is -2.65. The Bertz CT molecular complexity index is 209. The number of rotatable bonds is 0. The van der Waals surface area contributed by atoms with Gasteiger partial charge in [0, 0.05) is 17.5 Å². The summed E-state index contributed by atoms with van der Waals surface area (Å²) in [6.45, 7) is 0. The highest BCUT2D eigenvalue weighted by Gasteiger charge is 2.65. The Morgan fingerprint density at radius 1 is 0.643 bits per heavy atom. The SMILES string of the molecule is NC12CC3(N)CC(O)(C1)CC(O)(C2)C3. The highest BCUT2D eigenvalue weighted by molar-refractivity contribution is 5.23. The summed E-state index contributed by atoms with van der Waals surface area (Å²) >= 11 is 0. The third-order valence-electron chi connectivity index (χ3n) is 4.09. The fraction of sp³-hybridized carbons (Fsp3) is 1.00. The number of aliphatic hydroxyl groups is 2. The van der Waals surface area contributed by atoms with Gasteiger partial charge in [-0.25, -0.2) is 0 Å². The van der Waals surface area contributed by atoms with Gasteiger partial charge in [-0.3, -0.25) is 0 Å². The van der Waals surface area contributed by atoms with Gasteiger partial charge in [0.1, 0.15) is 0 Å². The van der Waals surface area contributed by atoms with Crippen LogP contribution in [0.25, 0.3) is 0 Å². The van der Waals surface area contributed by atoms with E-state index in [1.807, 2.05) is 0 Å². The Labute approximate surface area is 83.3 Å². The van der Waals surface area contributed by atoms with E-state index in [1.54, 1.807) is 0 Å². The average molecular weight is 198 g/mol. The topological polar surface area (TPSA) is 92.5 Å². The van der Waals surface area contributed by atoms with Crippen LogP contribution in [0.3, 0.4) is 0 Å². The molecule has 0 unspecified atom stereocenters. The summed E-state index contributed by atoms with van der Waals surface area (Å²) in [7, 11) is 0. The lowest BCUT2D eigenvalue weighted by molar-refractivity contribution is -0.211. The molecule has 0 aromatic heterocycles. The van der Waals surface area contributed by atoms with Crippen molar-refractivity contribution in [2.75, 3.05) is 0 Å². The molecule has 0 radical (unpaired) electrons. The minimum Gasteiger partial charge on any atom is -0.390 e. The first-order valence-electron chi connectivity index (χ1n) is 5.27. The van der Waals surface area contributed by atoms with E-state index >= 15 is 0 Å². The zero-order valence-electron chi connectivity index (χ0n) is 8.29. The predicted molar refractivity (Wildman–Crippen MR) is 51.4 cm³/mol. The minimum atomic E-state index is -0.812. The predicted octanol–water partition coefficient (Wildman–Crippen LogP) is -0.775. The molecule has 4 nitrogen and oxygen atoms in total. The van der Waals surface area contributed by atoms with Crippen LogP contribution < -0.4 is 11.5 Å². The Morgan fingerprint density at radius 2 is 1.00 bits per heavy atom. The molecule has 4 fully saturated rings. The molecule has 4 heteroatoms. The van der Waals surface area contributed by atoms with Crippen molar-refractivity contribution in [3.05, 3.63) is 0 Å². The van der Waals surface area contributed by atoms with Gasteiger partial charge in [-0.1, -0.05) is 0 Å². The van der Waals surface area contributed by atoms with Crippen molar-refractivity contribution in [3.8, 4) is 0 Å². The standard InChI is InChI=1S/C10H18N2O2/c11-7-1-8(12)4-9(13,2-7)6-10(14,3-7)5-8/h13-14H,1-6,11-12H2. The molecule has 0 aliphatic heterocycles. The van der Waals surface area contributed by atoms with Crippen molar-refractivity contribution in [2.45, 2.75) is 60.8 Å². The third kappa shape index (κ3) is 1.08. The summed E-state index contributed by atoms with van der Waals surface area (Å²) in [6.07, 6.45) is 3.59. The molecule has 0 aromatic rings. The van der Waals surface area contributed by atoms with Crippen molar-refractivity contribution in [1.29, 1.82) is 0 Å². The van der Waals surface area contributed by atoms with E-state index in [1.165, 1.54) is 0 Å². The molecule has 4 rings (SSSR count). The Hall–Kier alpha value is -0.160. The lowest BCUT2D eigenvalue weighted by atomic mass is 9.47. The zero-order valence-corrected chi connectivity index (χ0v) is 8.29. The van der Waals surface area contributed by atoms with E-state index < -0.39 is 22.3 Å². The van der Waals surface area contributed by atoms with Crippen molar-refractivity contribution in [3.63, 3.8) is 0 Å². The van der Waals surface area contributed by atoms with Crippen LogP contribution in [0.4, 0.5) is 0 Å². The van der Waals surface area contributed by atoms with Gasteiger partial charge in [-0.05, 0) is 32.1 Å². The van der Waals surface area contributed by atoms with Crippen LogP contribution in [0.1, 0.15) is 38.5 Å². The monoisotopic (exact) mass is 198 g/mol. The molecule has 0 spiro atoms. The molecule has 6 N–H and O–H groups in total. The normalized spacial score (nSPS) is 66.0. The summed E-state index contributed by atoms with van der Waals surface area (Å²) in [5.41, 5.74) is 9.85. The number of hydrogen-bond acceptors (Lipinski definition) is 4. The first-order valence-corrected chi connectivity index (χ1v) is 5.27. The maximum Gasteiger partial charge on any atom is 0.0710 e. The second-order valence-electron chi connectivity index (χ2n) is 6.23. The van der Waals surface area contributed by atoms with Gasteiger partial charge in [0.15, 0.2) is 0 Å². The van der Waals surface area contributed by atoms with E-state index in [4.69, 9.17) is 11.5 Å². The first kappa shape index (κ1) is 9.09. The van der Waals surface area contributed by atoms with Crippen molar-refractivity contribution in [2.24, 2.45) is 11.5 Å². The highest BCUT2D eigenvalue weighted by Crippen LogP contribution is 2.58. The van der Waals surface area contributed by atoms with Gasteiger partial charge < -0.3 is 21.7 Å². The minimum absolute atomic E-state index is 0.438. The second-order valence-corrected chi connectivity index (χ2v) is 6.23. The summed E-state index contributed by atoms with van der Waals surface area (Å²) in [4.78, 5) is 0. The van der Waals surface area contributed by atoms with E-state index in [9.17, 15) is 10.2 Å². The maximum absolute atomic E-state index is 10.3. The van der Waals surface area contributed by atoms with Crippen LogP contribution in [0.5, 0.6) is 0 Å². The molecule has 0 aromatic carbocycles. The molecule has 0 heterocycles. The van der Waals surface area contributed by atoms with Gasteiger partial charge >= 0.3 is 0 Å². The van der Waals surface area contributed by atoms with Gasteiger partial charge in [0.2, 0.25) is 0 Å². The van der Waals surface area contributed by atoms with Gasteiger partial charge in [0.05, 0.1) is 11.2 Å². The molecule has 0 amide bonds. The lowest BCUT2D eigenvalue weighted by Crippen LogP contribution is -2.76. The first-order chi connectivity index (χ1) is 6.24. The smallest absolute Gasteiger partial charge is 0.0710 e. The summed E-state index contributed by atoms with van der Waals surface area (Å²) in [5.74, 6) is 0. The van der Waals surface area contributed by atoms with E-state index in [0.29, 0.717) is 32.1 Å². The van der Waals surface area contributed by atoms with Crippen LogP contribution in [0.2, 0.25) is 0 Å². The molecular weight excluding hydrogens is 180 g/mol. The number of hydrogen-bond donors (Lipinski definition) is 4. The highest BCUT2D eigenvalue weighted by atomic mass is 16.3. The van der Waals surface area contributed by atoms with Crippen molar-refractivity contribution in [1.82, 2.24) is 0 Å². The summed E-state index contributed by atoms with van der Waals surface area (Å²) in [5, 5.41) is 20.6. The number of nitrogens with two attached hydrogens (primary N) is 2. The quantitative estimate of drug-likeness (QED) is 0.411. The second kappa shape index (κ2) is 2.02. The van der Waals surface area contributed by atoms with Crippen LogP contribution in [0, 0.1) is 0 Å². The van der Waals surface area contributed by atoms with Crippen molar-refractivity contribution < 1.29 is 10.2 Å². The van der Waals surface area contributed by atoms with E-state index in [-0.39, 0.29) is 0 Å². The van der Waals surface area contributed by atoms with E-state index in [0.717, 1.165) is 6.42 Å². The molecule has 4 aliphatic rings. The largest absolute Gasteiger partial charge is 0.390 e. The maximum atomic E-state index is 10.3. The van der Waals surface area contributed by atoms with Gasteiger partial charge in [-0.15, -0.1) is 0 Å². The van der Waals surface area contributed by atoms with E-state index in [2.05, 4.69) is 0 Å². The van der Waals surface area contributed by atoms with Crippen LogP contribution >= 0.6 is 0 Å². The fourth-order valence-electron chi connectivity index (χ4n) is 4.69. The molecule has 14 heavy (non-hydrogen) atoms. The van der Waals surface area contributed by atoms with Crippen LogP contribution in [0.15, 0.2) is 0 Å². The third-order valence-corrected chi connectivity index (χ3v) is 4.09. The molecule has 4 saturated carbocycles. The average Bonchev–Trinajstić information content (AvgIpc) is 1.67. The molecule has 80 valence electrons. The molecular formula is C10H18N2O2. The van der Waals surface area contributed by atoms with Crippen LogP contribution in [-0.4, -0.2) is 32.5 Å². The summed E-state index contributed by atoms with van der Waals surface area (Å²) < 4.78 is 0. The Kier molecular flexibility index (Phi) is 1.31.